The Bertz CT molecular complexity index is 590. The van der Waals surface area contributed by atoms with Crippen molar-refractivity contribution in [1.82, 2.24) is 9.55 Å². The Morgan fingerprint density at radius 2 is 2.10 bits per heavy atom. The van der Waals surface area contributed by atoms with Crippen LogP contribution in [-0.4, -0.2) is 20.8 Å². The molecule has 2 aromatic rings. The average Bonchev–Trinajstić information content (AvgIpc) is 2.77. The van der Waals surface area contributed by atoms with E-state index in [0.717, 1.165) is 42.0 Å². The summed E-state index contributed by atoms with van der Waals surface area (Å²) in [5.41, 5.74) is 2.20. The fourth-order valence-corrected chi connectivity index (χ4v) is 3.75. The van der Waals surface area contributed by atoms with E-state index in [0.29, 0.717) is 0 Å². The first-order chi connectivity index (χ1) is 9.70. The van der Waals surface area contributed by atoms with E-state index in [9.17, 15) is 5.11 Å². The summed E-state index contributed by atoms with van der Waals surface area (Å²) >= 11 is 0. The number of para-hydroxylation sites is 2. The van der Waals surface area contributed by atoms with Crippen LogP contribution in [0.3, 0.4) is 0 Å². The van der Waals surface area contributed by atoms with E-state index >= 15 is 0 Å². The average molecular weight is 272 g/mol. The number of aliphatic hydroxyl groups is 1. The summed E-state index contributed by atoms with van der Waals surface area (Å²) in [6.07, 6.45) is 5.43. The van der Waals surface area contributed by atoms with E-state index in [1.807, 2.05) is 6.07 Å². The lowest BCUT2D eigenvalue weighted by Gasteiger charge is -2.35. The second kappa shape index (κ2) is 5.57. The number of hydrogen-bond donors (Lipinski definition) is 1. The third-order valence-electron chi connectivity index (χ3n) is 4.69. The normalized spacial score (nSPS) is 27.1. The van der Waals surface area contributed by atoms with Crippen molar-refractivity contribution in [3.8, 4) is 0 Å². The third kappa shape index (κ3) is 2.35. The van der Waals surface area contributed by atoms with Crippen molar-refractivity contribution < 1.29 is 5.11 Å². The van der Waals surface area contributed by atoms with Gasteiger partial charge in [-0.1, -0.05) is 31.9 Å². The first kappa shape index (κ1) is 13.6. The minimum Gasteiger partial charge on any atom is -0.391 e. The monoisotopic (exact) mass is 272 g/mol. The second-order valence-corrected chi connectivity index (χ2v) is 6.12. The van der Waals surface area contributed by atoms with Gasteiger partial charge in [0.2, 0.25) is 0 Å². The van der Waals surface area contributed by atoms with Crippen molar-refractivity contribution in [2.24, 2.45) is 5.92 Å². The van der Waals surface area contributed by atoms with Gasteiger partial charge in [0.15, 0.2) is 0 Å². The van der Waals surface area contributed by atoms with Gasteiger partial charge in [-0.25, -0.2) is 4.98 Å². The lowest BCUT2D eigenvalue weighted by Crippen LogP contribution is -2.32. The molecule has 3 nitrogen and oxygen atoms in total. The highest BCUT2D eigenvalue weighted by atomic mass is 16.3. The number of hydrogen-bond acceptors (Lipinski definition) is 2. The molecule has 0 bridgehead atoms. The molecule has 0 radical (unpaired) electrons. The molecule has 0 spiro atoms. The zero-order chi connectivity index (χ0) is 14.1. The van der Waals surface area contributed by atoms with Crippen molar-refractivity contribution in [3.05, 3.63) is 30.1 Å². The molecular weight excluding hydrogens is 248 g/mol. The van der Waals surface area contributed by atoms with Crippen LogP contribution in [0.1, 0.15) is 50.9 Å². The van der Waals surface area contributed by atoms with E-state index in [1.165, 1.54) is 12.8 Å². The summed E-state index contributed by atoms with van der Waals surface area (Å²) in [6.45, 7) is 4.30. The van der Waals surface area contributed by atoms with Crippen LogP contribution in [0.4, 0.5) is 0 Å². The Kier molecular flexibility index (Phi) is 3.79. The number of fused-ring (bicyclic) bond motifs is 1. The SMILES string of the molecule is CCCC1CCC(O)C(n2c(C)nc3ccccc32)C1. The summed E-state index contributed by atoms with van der Waals surface area (Å²) in [6, 6.07) is 8.44. The number of aryl methyl sites for hydroxylation is 1. The number of rotatable bonds is 3. The fourth-order valence-electron chi connectivity index (χ4n) is 3.75. The van der Waals surface area contributed by atoms with Gasteiger partial charge in [0.1, 0.15) is 5.82 Å². The van der Waals surface area contributed by atoms with Gasteiger partial charge in [0, 0.05) is 0 Å². The van der Waals surface area contributed by atoms with Gasteiger partial charge in [0.25, 0.3) is 0 Å². The van der Waals surface area contributed by atoms with E-state index in [1.54, 1.807) is 0 Å². The highest BCUT2D eigenvalue weighted by Crippen LogP contribution is 2.37. The van der Waals surface area contributed by atoms with Crippen LogP contribution in [0.2, 0.25) is 0 Å². The molecule has 0 amide bonds. The number of imidazole rings is 1. The summed E-state index contributed by atoms with van der Waals surface area (Å²) < 4.78 is 2.27. The van der Waals surface area contributed by atoms with Gasteiger partial charge in [-0.15, -0.1) is 0 Å². The van der Waals surface area contributed by atoms with Gasteiger partial charge in [-0.05, 0) is 44.2 Å². The number of nitrogens with zero attached hydrogens (tertiary/aromatic N) is 2. The maximum Gasteiger partial charge on any atom is 0.107 e. The van der Waals surface area contributed by atoms with Crippen LogP contribution in [0.15, 0.2) is 24.3 Å². The van der Waals surface area contributed by atoms with Crippen LogP contribution >= 0.6 is 0 Å². The molecule has 1 saturated carbocycles. The van der Waals surface area contributed by atoms with E-state index < -0.39 is 0 Å². The first-order valence-corrected chi connectivity index (χ1v) is 7.82. The minimum absolute atomic E-state index is 0.188. The Morgan fingerprint density at radius 1 is 1.30 bits per heavy atom. The van der Waals surface area contributed by atoms with E-state index in [2.05, 4.69) is 41.6 Å². The lowest BCUT2D eigenvalue weighted by molar-refractivity contribution is 0.0530. The molecule has 1 aliphatic carbocycles. The highest BCUT2D eigenvalue weighted by Gasteiger charge is 2.31. The van der Waals surface area contributed by atoms with Gasteiger partial charge < -0.3 is 9.67 Å². The van der Waals surface area contributed by atoms with Gasteiger partial charge in [-0.3, -0.25) is 0 Å². The van der Waals surface area contributed by atoms with Crippen molar-refractivity contribution in [3.63, 3.8) is 0 Å². The minimum atomic E-state index is -0.237. The third-order valence-corrected chi connectivity index (χ3v) is 4.69. The molecule has 1 heterocycles. The van der Waals surface area contributed by atoms with Crippen LogP contribution in [0, 0.1) is 12.8 Å². The molecule has 1 aromatic carbocycles. The van der Waals surface area contributed by atoms with Gasteiger partial charge >= 0.3 is 0 Å². The maximum atomic E-state index is 10.5. The lowest BCUT2D eigenvalue weighted by atomic mass is 9.81. The zero-order valence-corrected chi connectivity index (χ0v) is 12.4. The highest BCUT2D eigenvalue weighted by molar-refractivity contribution is 5.76. The van der Waals surface area contributed by atoms with Gasteiger partial charge in [0.05, 0.1) is 23.2 Å². The molecule has 20 heavy (non-hydrogen) atoms. The largest absolute Gasteiger partial charge is 0.391 e. The summed E-state index contributed by atoms with van der Waals surface area (Å²) in [5, 5.41) is 10.5. The molecule has 1 aromatic heterocycles. The van der Waals surface area contributed by atoms with Crippen molar-refractivity contribution in [2.45, 2.75) is 58.1 Å². The predicted molar refractivity (Wildman–Crippen MR) is 81.8 cm³/mol. The molecule has 1 aliphatic rings. The number of benzene rings is 1. The Balaban J connectivity index is 1.98. The topological polar surface area (TPSA) is 38.0 Å². The summed E-state index contributed by atoms with van der Waals surface area (Å²) in [4.78, 5) is 4.65. The number of aliphatic hydroxyl groups excluding tert-OH is 1. The molecule has 1 N–H and O–H groups in total. The second-order valence-electron chi connectivity index (χ2n) is 6.12. The standard InChI is InChI=1S/C17H24N2O/c1-3-6-13-9-10-17(20)16(11-13)19-12(2)18-14-7-4-5-8-15(14)19/h4-5,7-8,13,16-17,20H,3,6,9-11H2,1-2H3. The summed E-state index contributed by atoms with van der Waals surface area (Å²) in [5.74, 6) is 1.77. The molecule has 3 heteroatoms. The molecule has 0 aliphatic heterocycles. The fraction of sp³-hybridized carbons (Fsp3) is 0.588. The smallest absolute Gasteiger partial charge is 0.107 e. The maximum absolute atomic E-state index is 10.5. The number of aromatic nitrogens is 2. The van der Waals surface area contributed by atoms with Crippen molar-refractivity contribution >= 4 is 11.0 Å². The molecule has 1 fully saturated rings. The Morgan fingerprint density at radius 3 is 2.90 bits per heavy atom. The zero-order valence-electron chi connectivity index (χ0n) is 12.4. The Hall–Kier alpha value is -1.35. The van der Waals surface area contributed by atoms with Crippen LogP contribution in [0.5, 0.6) is 0 Å². The first-order valence-electron chi connectivity index (χ1n) is 7.82. The van der Waals surface area contributed by atoms with Crippen LogP contribution in [-0.2, 0) is 0 Å². The van der Waals surface area contributed by atoms with Crippen molar-refractivity contribution in [2.75, 3.05) is 0 Å². The van der Waals surface area contributed by atoms with E-state index in [-0.39, 0.29) is 12.1 Å². The quantitative estimate of drug-likeness (QED) is 0.921. The summed E-state index contributed by atoms with van der Waals surface area (Å²) in [7, 11) is 0. The molecule has 3 rings (SSSR count). The van der Waals surface area contributed by atoms with Crippen molar-refractivity contribution in [1.29, 1.82) is 0 Å². The van der Waals surface area contributed by atoms with E-state index in [4.69, 9.17) is 0 Å². The molecule has 3 unspecified atom stereocenters. The van der Waals surface area contributed by atoms with Crippen LogP contribution < -0.4 is 0 Å². The molecular formula is C17H24N2O. The molecule has 3 atom stereocenters. The van der Waals surface area contributed by atoms with Gasteiger partial charge in [-0.2, -0.15) is 0 Å². The Labute approximate surface area is 120 Å². The van der Waals surface area contributed by atoms with Crippen LogP contribution in [0.25, 0.3) is 11.0 Å². The molecule has 108 valence electrons. The predicted octanol–water partition coefficient (Wildman–Crippen LogP) is 3.85. The molecule has 0 saturated heterocycles.